The summed E-state index contributed by atoms with van der Waals surface area (Å²) in [6.07, 6.45) is 0.466. The standard InChI is InChI=1S/C15H20N2O5S/c1-10(11-2-3-13-14(8-11)22-6-5-21-13)16-15(18)17-12-4-7-23(19,20)9-12/h2-3,8,10,12H,4-7,9H2,1H3,(H2,16,17,18)/t10-,12+/m1/s1. The number of rotatable bonds is 3. The Morgan fingerprint density at radius 2 is 2.00 bits per heavy atom. The molecule has 0 saturated carbocycles. The van der Waals surface area contributed by atoms with Gasteiger partial charge >= 0.3 is 6.03 Å². The number of hydrogen-bond acceptors (Lipinski definition) is 5. The fourth-order valence-corrected chi connectivity index (χ4v) is 4.42. The van der Waals surface area contributed by atoms with Crippen molar-refractivity contribution in [2.45, 2.75) is 25.4 Å². The van der Waals surface area contributed by atoms with Gasteiger partial charge in [-0.1, -0.05) is 6.07 Å². The lowest BCUT2D eigenvalue weighted by Crippen LogP contribution is -2.43. The molecule has 8 heteroatoms. The third-order valence-corrected chi connectivity index (χ3v) is 5.75. The quantitative estimate of drug-likeness (QED) is 0.856. The van der Waals surface area contributed by atoms with E-state index in [9.17, 15) is 13.2 Å². The zero-order chi connectivity index (χ0) is 16.4. The van der Waals surface area contributed by atoms with Crippen molar-refractivity contribution in [1.29, 1.82) is 0 Å². The van der Waals surface area contributed by atoms with Crippen molar-refractivity contribution in [3.05, 3.63) is 23.8 Å². The first kappa shape index (κ1) is 15.9. The Bertz CT molecular complexity index is 704. The van der Waals surface area contributed by atoms with Crippen LogP contribution in [-0.4, -0.2) is 45.2 Å². The van der Waals surface area contributed by atoms with Crippen molar-refractivity contribution in [1.82, 2.24) is 10.6 Å². The summed E-state index contributed by atoms with van der Waals surface area (Å²) in [5.74, 6) is 1.52. The highest BCUT2D eigenvalue weighted by Crippen LogP contribution is 2.32. The highest BCUT2D eigenvalue weighted by Gasteiger charge is 2.29. The summed E-state index contributed by atoms with van der Waals surface area (Å²) in [4.78, 5) is 12.0. The topological polar surface area (TPSA) is 93.7 Å². The summed E-state index contributed by atoms with van der Waals surface area (Å²) in [5, 5.41) is 5.53. The van der Waals surface area contributed by atoms with Crippen molar-refractivity contribution in [2.24, 2.45) is 0 Å². The number of hydrogen-bond donors (Lipinski definition) is 2. The summed E-state index contributed by atoms with van der Waals surface area (Å²) < 4.78 is 33.8. The molecule has 0 spiro atoms. The molecule has 2 aliphatic heterocycles. The summed E-state index contributed by atoms with van der Waals surface area (Å²) in [6, 6.07) is 4.63. The molecule has 0 radical (unpaired) electrons. The fourth-order valence-electron chi connectivity index (χ4n) is 2.75. The fraction of sp³-hybridized carbons (Fsp3) is 0.533. The van der Waals surface area contributed by atoms with Crippen LogP contribution >= 0.6 is 0 Å². The normalized spacial score (nSPS) is 23.1. The van der Waals surface area contributed by atoms with Gasteiger partial charge < -0.3 is 20.1 Å². The first-order chi connectivity index (χ1) is 10.9. The lowest BCUT2D eigenvalue weighted by Gasteiger charge is -2.21. The Balaban J connectivity index is 1.58. The van der Waals surface area contributed by atoms with Crippen LogP contribution in [0.4, 0.5) is 4.79 Å². The van der Waals surface area contributed by atoms with Crippen LogP contribution in [-0.2, 0) is 9.84 Å². The maximum absolute atomic E-state index is 12.0. The lowest BCUT2D eigenvalue weighted by atomic mass is 10.1. The van der Waals surface area contributed by atoms with Gasteiger partial charge in [-0.25, -0.2) is 13.2 Å². The number of fused-ring (bicyclic) bond motifs is 1. The Morgan fingerprint density at radius 3 is 2.70 bits per heavy atom. The molecule has 126 valence electrons. The van der Waals surface area contributed by atoms with E-state index in [0.29, 0.717) is 31.1 Å². The summed E-state index contributed by atoms with van der Waals surface area (Å²) in [5.41, 5.74) is 0.892. The second kappa shape index (κ2) is 6.27. The average molecular weight is 340 g/mol. The first-order valence-electron chi connectivity index (χ1n) is 7.60. The Morgan fingerprint density at radius 1 is 1.26 bits per heavy atom. The highest BCUT2D eigenvalue weighted by molar-refractivity contribution is 7.91. The number of sulfone groups is 1. The lowest BCUT2D eigenvalue weighted by molar-refractivity contribution is 0.171. The number of amides is 2. The molecule has 2 atom stereocenters. The molecule has 2 aliphatic rings. The molecule has 2 amide bonds. The molecule has 1 aromatic carbocycles. The van der Waals surface area contributed by atoms with E-state index in [4.69, 9.17) is 9.47 Å². The molecular formula is C15H20N2O5S. The number of ether oxygens (including phenoxy) is 2. The second-order valence-electron chi connectivity index (χ2n) is 5.84. The minimum absolute atomic E-state index is 0.0127. The monoisotopic (exact) mass is 340 g/mol. The van der Waals surface area contributed by atoms with Gasteiger partial charge in [0.1, 0.15) is 13.2 Å². The minimum Gasteiger partial charge on any atom is -0.486 e. The molecule has 2 N–H and O–H groups in total. The van der Waals surface area contributed by atoms with Crippen LogP contribution in [0.3, 0.4) is 0 Å². The molecule has 1 fully saturated rings. The van der Waals surface area contributed by atoms with Gasteiger partial charge in [-0.15, -0.1) is 0 Å². The number of benzene rings is 1. The smallest absolute Gasteiger partial charge is 0.315 e. The predicted octanol–water partition coefficient (Wildman–Crippen LogP) is 1.01. The highest BCUT2D eigenvalue weighted by atomic mass is 32.2. The summed E-state index contributed by atoms with van der Waals surface area (Å²) in [7, 11) is -3.00. The Kier molecular flexibility index (Phi) is 4.34. The van der Waals surface area contributed by atoms with E-state index in [2.05, 4.69) is 10.6 Å². The molecule has 0 aliphatic carbocycles. The average Bonchev–Trinajstić information content (AvgIpc) is 2.85. The third-order valence-electron chi connectivity index (χ3n) is 3.98. The molecule has 3 rings (SSSR count). The van der Waals surface area contributed by atoms with Crippen molar-refractivity contribution in [3.63, 3.8) is 0 Å². The summed E-state index contributed by atoms with van der Waals surface area (Å²) in [6.45, 7) is 2.90. The number of nitrogens with one attached hydrogen (secondary N) is 2. The number of urea groups is 1. The van der Waals surface area contributed by atoms with E-state index >= 15 is 0 Å². The van der Waals surface area contributed by atoms with Crippen LogP contribution in [0.25, 0.3) is 0 Å². The van der Waals surface area contributed by atoms with Crippen LogP contribution in [0.15, 0.2) is 18.2 Å². The van der Waals surface area contributed by atoms with Gasteiger partial charge in [0.2, 0.25) is 0 Å². The van der Waals surface area contributed by atoms with Gasteiger partial charge in [-0.3, -0.25) is 0 Å². The molecule has 1 saturated heterocycles. The van der Waals surface area contributed by atoms with E-state index in [1.165, 1.54) is 0 Å². The predicted molar refractivity (Wildman–Crippen MR) is 84.6 cm³/mol. The van der Waals surface area contributed by atoms with Crippen LogP contribution in [0.5, 0.6) is 11.5 Å². The first-order valence-corrected chi connectivity index (χ1v) is 9.42. The van der Waals surface area contributed by atoms with E-state index in [-0.39, 0.29) is 29.6 Å². The van der Waals surface area contributed by atoms with Gasteiger partial charge in [0.05, 0.1) is 17.5 Å². The van der Waals surface area contributed by atoms with Crippen LogP contribution < -0.4 is 20.1 Å². The van der Waals surface area contributed by atoms with Crippen LogP contribution in [0.1, 0.15) is 24.9 Å². The van der Waals surface area contributed by atoms with Gasteiger partial charge in [0.25, 0.3) is 0 Å². The molecule has 0 unspecified atom stereocenters. The maximum Gasteiger partial charge on any atom is 0.315 e. The number of carbonyl (C=O) groups is 1. The van der Waals surface area contributed by atoms with Gasteiger partial charge in [-0.2, -0.15) is 0 Å². The van der Waals surface area contributed by atoms with Crippen LogP contribution in [0.2, 0.25) is 0 Å². The molecular weight excluding hydrogens is 320 g/mol. The van der Waals surface area contributed by atoms with E-state index in [1.807, 2.05) is 25.1 Å². The van der Waals surface area contributed by atoms with Crippen molar-refractivity contribution >= 4 is 15.9 Å². The van der Waals surface area contributed by atoms with Gasteiger partial charge in [0.15, 0.2) is 21.3 Å². The van der Waals surface area contributed by atoms with Crippen molar-refractivity contribution < 1.29 is 22.7 Å². The Labute approximate surface area is 135 Å². The van der Waals surface area contributed by atoms with Gasteiger partial charge in [-0.05, 0) is 31.0 Å². The SMILES string of the molecule is C[C@@H](NC(=O)N[C@H]1CCS(=O)(=O)C1)c1ccc2c(c1)OCCO2. The third kappa shape index (κ3) is 3.87. The van der Waals surface area contributed by atoms with Crippen molar-refractivity contribution in [3.8, 4) is 11.5 Å². The molecule has 0 bridgehead atoms. The molecule has 0 aromatic heterocycles. The zero-order valence-corrected chi connectivity index (χ0v) is 13.7. The largest absolute Gasteiger partial charge is 0.486 e. The van der Waals surface area contributed by atoms with E-state index < -0.39 is 9.84 Å². The molecule has 2 heterocycles. The second-order valence-corrected chi connectivity index (χ2v) is 8.07. The Hall–Kier alpha value is -1.96. The molecule has 7 nitrogen and oxygen atoms in total. The molecule has 23 heavy (non-hydrogen) atoms. The van der Waals surface area contributed by atoms with Crippen molar-refractivity contribution in [2.75, 3.05) is 24.7 Å². The summed E-state index contributed by atoms with van der Waals surface area (Å²) >= 11 is 0. The minimum atomic E-state index is -3.00. The maximum atomic E-state index is 12.0. The van der Waals surface area contributed by atoms with Crippen LogP contribution in [0, 0.1) is 0 Å². The zero-order valence-electron chi connectivity index (χ0n) is 12.9. The molecule has 1 aromatic rings. The van der Waals surface area contributed by atoms with E-state index in [0.717, 1.165) is 5.56 Å². The number of carbonyl (C=O) groups excluding carboxylic acids is 1. The van der Waals surface area contributed by atoms with E-state index in [1.54, 1.807) is 0 Å². The van der Waals surface area contributed by atoms with Gasteiger partial charge in [0, 0.05) is 6.04 Å².